The predicted octanol–water partition coefficient (Wildman–Crippen LogP) is 1.40. The molecule has 0 aromatic heterocycles. The van der Waals surface area contributed by atoms with Crippen LogP contribution in [0.1, 0.15) is 32.6 Å². The quantitative estimate of drug-likeness (QED) is 0.402. The largest absolute Gasteiger partial charge is 0.510 e. The summed E-state index contributed by atoms with van der Waals surface area (Å²) in [5.74, 6) is 0. The lowest BCUT2D eigenvalue weighted by atomic mass is 10.2. The molecular formula is C6H14AlO. The smallest absolute Gasteiger partial charge is 0.394 e. The molecule has 0 bridgehead atoms. The maximum absolute atomic E-state index is 4.92. The van der Waals surface area contributed by atoms with E-state index in [9.17, 15) is 0 Å². The Balaban J connectivity index is 2.53. The molecule has 0 aliphatic heterocycles. The van der Waals surface area contributed by atoms with Gasteiger partial charge in [-0.3, -0.25) is 0 Å². The molecule has 0 unspecified atom stereocenters. The lowest BCUT2D eigenvalue weighted by Crippen LogP contribution is -1.88. The van der Waals surface area contributed by atoms with Crippen molar-refractivity contribution in [1.29, 1.82) is 0 Å². The molecule has 0 fully saturated rings. The average Bonchev–Trinajstić information content (AvgIpc) is 1.81. The molecule has 0 amide bonds. The van der Waals surface area contributed by atoms with Gasteiger partial charge in [-0.15, -0.1) is 0 Å². The molecule has 0 aromatic rings. The van der Waals surface area contributed by atoms with E-state index in [1.165, 1.54) is 25.7 Å². The topological polar surface area (TPSA) is 9.23 Å². The van der Waals surface area contributed by atoms with Crippen molar-refractivity contribution in [3.8, 4) is 0 Å². The summed E-state index contributed by atoms with van der Waals surface area (Å²) in [6, 6.07) is 0. The van der Waals surface area contributed by atoms with Crippen molar-refractivity contribution in [3.63, 3.8) is 0 Å². The van der Waals surface area contributed by atoms with Gasteiger partial charge in [-0.1, -0.05) is 26.2 Å². The first kappa shape index (κ1) is 8.49. The van der Waals surface area contributed by atoms with E-state index in [4.69, 9.17) is 3.79 Å². The van der Waals surface area contributed by atoms with E-state index in [2.05, 4.69) is 6.92 Å². The molecule has 0 aliphatic carbocycles. The summed E-state index contributed by atoms with van der Waals surface area (Å²) >= 11 is 1.59. The third-order valence-corrected chi connectivity index (χ3v) is 1.43. The van der Waals surface area contributed by atoms with Gasteiger partial charge in [-0.25, -0.2) is 0 Å². The van der Waals surface area contributed by atoms with Crippen LogP contribution in [-0.4, -0.2) is 23.2 Å². The Hall–Kier alpha value is 0.492. The van der Waals surface area contributed by atoms with Crippen LogP contribution in [0.25, 0.3) is 0 Å². The van der Waals surface area contributed by atoms with Gasteiger partial charge in [0.15, 0.2) is 0 Å². The maximum atomic E-state index is 4.92. The van der Waals surface area contributed by atoms with Crippen LogP contribution in [0.3, 0.4) is 0 Å². The summed E-state index contributed by atoms with van der Waals surface area (Å²) < 4.78 is 4.92. The first-order valence-electron chi connectivity index (χ1n) is 3.28. The SMILES string of the molecule is CCCCCC[O][AlH]. The Morgan fingerprint density at radius 1 is 1.25 bits per heavy atom. The highest BCUT2D eigenvalue weighted by Gasteiger charge is 1.82. The molecule has 1 nitrogen and oxygen atoms in total. The Morgan fingerprint density at radius 3 is 2.50 bits per heavy atom. The normalized spacial score (nSPS) is 9.62. The van der Waals surface area contributed by atoms with Gasteiger partial charge in [-0.2, -0.15) is 0 Å². The molecule has 47 valence electrons. The highest BCUT2D eigenvalue weighted by atomic mass is 27.1. The van der Waals surface area contributed by atoms with E-state index < -0.39 is 0 Å². The summed E-state index contributed by atoms with van der Waals surface area (Å²) in [6.07, 6.45) is 5.23. The van der Waals surface area contributed by atoms with Crippen molar-refractivity contribution in [2.45, 2.75) is 32.6 Å². The van der Waals surface area contributed by atoms with Crippen molar-refractivity contribution in [1.82, 2.24) is 0 Å². The van der Waals surface area contributed by atoms with E-state index in [0.717, 1.165) is 6.61 Å². The second-order valence-electron chi connectivity index (χ2n) is 1.97. The van der Waals surface area contributed by atoms with Crippen LogP contribution in [0.2, 0.25) is 0 Å². The van der Waals surface area contributed by atoms with Crippen molar-refractivity contribution < 1.29 is 3.79 Å². The van der Waals surface area contributed by atoms with Gasteiger partial charge in [0.1, 0.15) is 0 Å². The van der Waals surface area contributed by atoms with Crippen molar-refractivity contribution >= 4 is 16.6 Å². The monoisotopic (exact) mass is 129 g/mol. The summed E-state index contributed by atoms with van der Waals surface area (Å²) in [4.78, 5) is 0. The minimum absolute atomic E-state index is 0.943. The van der Waals surface area contributed by atoms with E-state index in [1.54, 1.807) is 16.6 Å². The molecule has 1 radical (unpaired) electrons. The first-order chi connectivity index (χ1) is 3.91. The third-order valence-electron chi connectivity index (χ3n) is 1.14. The fourth-order valence-electron chi connectivity index (χ4n) is 0.631. The van der Waals surface area contributed by atoms with Crippen LogP contribution in [0, 0.1) is 0 Å². The minimum atomic E-state index is 0.943. The number of hydrogen-bond donors (Lipinski definition) is 0. The third kappa shape index (κ3) is 6.49. The summed E-state index contributed by atoms with van der Waals surface area (Å²) in [6.45, 7) is 3.16. The maximum Gasteiger partial charge on any atom is 0.394 e. The average molecular weight is 129 g/mol. The van der Waals surface area contributed by atoms with E-state index >= 15 is 0 Å². The molecule has 8 heavy (non-hydrogen) atoms. The van der Waals surface area contributed by atoms with Crippen LogP contribution >= 0.6 is 0 Å². The molecule has 0 spiro atoms. The van der Waals surface area contributed by atoms with Gasteiger partial charge >= 0.3 is 16.6 Å². The lowest BCUT2D eigenvalue weighted by Gasteiger charge is -1.96. The van der Waals surface area contributed by atoms with Crippen LogP contribution in [0.5, 0.6) is 0 Å². The van der Waals surface area contributed by atoms with Gasteiger partial charge in [-0.05, 0) is 6.42 Å². The Bertz CT molecular complexity index is 33.5. The fourth-order valence-corrected chi connectivity index (χ4v) is 0.835. The molecule has 0 saturated heterocycles. The summed E-state index contributed by atoms with van der Waals surface area (Å²) in [5.41, 5.74) is 0. The number of unbranched alkanes of at least 4 members (excludes halogenated alkanes) is 3. The molecular weight excluding hydrogens is 115 g/mol. The van der Waals surface area contributed by atoms with Gasteiger partial charge in [0.25, 0.3) is 0 Å². The molecule has 0 heterocycles. The van der Waals surface area contributed by atoms with Crippen molar-refractivity contribution in [3.05, 3.63) is 0 Å². The lowest BCUT2D eigenvalue weighted by molar-refractivity contribution is 0.334. The standard InChI is InChI=1S/C6H13O.Al.H/c1-2-3-4-5-6-7;;/h2-6H2,1H3;;/q-1;+1;. The highest BCUT2D eigenvalue weighted by Crippen LogP contribution is 1.97. The molecule has 0 saturated carbocycles. The van der Waals surface area contributed by atoms with Crippen LogP contribution in [0.4, 0.5) is 0 Å². The van der Waals surface area contributed by atoms with Gasteiger partial charge < -0.3 is 3.79 Å². The Kier molecular flexibility index (Phi) is 7.95. The van der Waals surface area contributed by atoms with Crippen LogP contribution < -0.4 is 0 Å². The zero-order chi connectivity index (χ0) is 6.24. The Morgan fingerprint density at radius 2 is 2.00 bits per heavy atom. The zero-order valence-electron chi connectivity index (χ0n) is 5.65. The summed E-state index contributed by atoms with van der Waals surface area (Å²) in [7, 11) is 0. The second-order valence-corrected chi connectivity index (χ2v) is 2.38. The zero-order valence-corrected chi connectivity index (χ0v) is 7.07. The van der Waals surface area contributed by atoms with Crippen molar-refractivity contribution in [2.24, 2.45) is 0 Å². The van der Waals surface area contributed by atoms with Crippen LogP contribution in [0.15, 0.2) is 0 Å². The van der Waals surface area contributed by atoms with Gasteiger partial charge in [0.05, 0.1) is 0 Å². The molecule has 0 rings (SSSR count). The minimum Gasteiger partial charge on any atom is -0.510 e. The highest BCUT2D eigenvalue weighted by molar-refractivity contribution is 5.97. The van der Waals surface area contributed by atoms with Crippen molar-refractivity contribution in [2.75, 3.05) is 6.61 Å². The summed E-state index contributed by atoms with van der Waals surface area (Å²) in [5, 5.41) is 0. The van der Waals surface area contributed by atoms with Gasteiger partial charge in [0, 0.05) is 6.61 Å². The molecule has 0 aliphatic rings. The van der Waals surface area contributed by atoms with E-state index in [-0.39, 0.29) is 0 Å². The van der Waals surface area contributed by atoms with E-state index in [1.807, 2.05) is 0 Å². The molecule has 0 N–H and O–H groups in total. The molecule has 0 aromatic carbocycles. The molecule has 2 heteroatoms. The number of rotatable bonds is 5. The second kappa shape index (κ2) is 7.49. The van der Waals surface area contributed by atoms with Gasteiger partial charge in [0.2, 0.25) is 0 Å². The molecule has 0 atom stereocenters. The first-order valence-corrected chi connectivity index (χ1v) is 3.86. The number of hydrogen-bond acceptors (Lipinski definition) is 1. The fraction of sp³-hybridized carbons (Fsp3) is 1.00. The van der Waals surface area contributed by atoms with Crippen LogP contribution in [-0.2, 0) is 3.79 Å². The predicted molar refractivity (Wildman–Crippen MR) is 37.2 cm³/mol. The Labute approximate surface area is 60.2 Å². The van der Waals surface area contributed by atoms with E-state index in [0.29, 0.717) is 0 Å².